The standard InChI is InChI=1S/C25H41N5O4/c1-3-4-5-6-7-15-30-16-9-10-19-17-20(12-13-22(19)30)34-18-23(31)29-21(24(32)33-2)11-8-14-28-25(26)27/h12-13,17,21H,3-11,14-16,18H2,1-2H3,(H,29,31)(H4,26,27,28)/t21-/m0/s1. The van der Waals surface area contributed by atoms with Gasteiger partial charge in [0.1, 0.15) is 11.8 Å². The smallest absolute Gasteiger partial charge is 0.328 e. The number of ether oxygens (including phenoxy) is 2. The van der Waals surface area contributed by atoms with Crippen LogP contribution in [0.15, 0.2) is 23.2 Å². The van der Waals surface area contributed by atoms with Gasteiger partial charge in [-0.15, -0.1) is 0 Å². The number of esters is 1. The van der Waals surface area contributed by atoms with Crippen molar-refractivity contribution < 1.29 is 19.1 Å². The molecule has 0 bridgehead atoms. The summed E-state index contributed by atoms with van der Waals surface area (Å²) < 4.78 is 10.5. The number of benzene rings is 1. The number of nitrogens with two attached hydrogens (primary N) is 2. The van der Waals surface area contributed by atoms with Gasteiger partial charge in [-0.3, -0.25) is 9.79 Å². The molecule has 0 aromatic heterocycles. The fourth-order valence-electron chi connectivity index (χ4n) is 4.16. The molecule has 9 nitrogen and oxygen atoms in total. The summed E-state index contributed by atoms with van der Waals surface area (Å²) in [6, 6.07) is 5.26. The molecule has 0 unspecified atom stereocenters. The number of fused-ring (bicyclic) bond motifs is 1. The van der Waals surface area contributed by atoms with Crippen LogP contribution in [0.3, 0.4) is 0 Å². The van der Waals surface area contributed by atoms with E-state index in [4.69, 9.17) is 20.9 Å². The second-order valence-electron chi connectivity index (χ2n) is 8.68. The molecule has 1 heterocycles. The van der Waals surface area contributed by atoms with Gasteiger partial charge in [0.15, 0.2) is 12.6 Å². The van der Waals surface area contributed by atoms with Crippen molar-refractivity contribution in [3.05, 3.63) is 23.8 Å². The Kier molecular flexibility index (Phi) is 12.1. The zero-order chi connectivity index (χ0) is 24.8. The number of nitrogens with one attached hydrogen (secondary N) is 1. The average molecular weight is 476 g/mol. The number of hydrogen-bond acceptors (Lipinski definition) is 6. The molecule has 1 amide bonds. The second-order valence-corrected chi connectivity index (χ2v) is 8.68. The van der Waals surface area contributed by atoms with Crippen molar-refractivity contribution in [3.8, 4) is 5.75 Å². The number of rotatable bonds is 15. The Bertz CT molecular complexity index is 810. The van der Waals surface area contributed by atoms with Crippen LogP contribution >= 0.6 is 0 Å². The molecule has 5 N–H and O–H groups in total. The van der Waals surface area contributed by atoms with E-state index in [-0.39, 0.29) is 18.5 Å². The first kappa shape index (κ1) is 27.3. The third-order valence-corrected chi connectivity index (χ3v) is 5.93. The Morgan fingerprint density at radius 3 is 2.71 bits per heavy atom. The lowest BCUT2D eigenvalue weighted by Crippen LogP contribution is -2.43. The van der Waals surface area contributed by atoms with Crippen molar-refractivity contribution in [2.24, 2.45) is 16.5 Å². The largest absolute Gasteiger partial charge is 0.484 e. The second kappa shape index (κ2) is 15.0. The van der Waals surface area contributed by atoms with Crippen LogP contribution in [0, 0.1) is 0 Å². The molecule has 1 atom stereocenters. The summed E-state index contributed by atoms with van der Waals surface area (Å²) in [6.07, 6.45) is 9.37. The number of carbonyl (C=O) groups is 2. The Hall–Kier alpha value is -2.97. The van der Waals surface area contributed by atoms with E-state index in [1.807, 2.05) is 12.1 Å². The molecule has 34 heavy (non-hydrogen) atoms. The molecule has 2 rings (SSSR count). The molecule has 1 aromatic rings. The lowest BCUT2D eigenvalue weighted by molar-refractivity contribution is -0.145. The van der Waals surface area contributed by atoms with E-state index in [2.05, 4.69) is 28.2 Å². The number of nitrogens with zero attached hydrogens (tertiary/aromatic N) is 2. The van der Waals surface area contributed by atoms with E-state index < -0.39 is 12.0 Å². The lowest BCUT2D eigenvalue weighted by Gasteiger charge is -2.31. The highest BCUT2D eigenvalue weighted by atomic mass is 16.5. The molecule has 1 aromatic carbocycles. The lowest BCUT2D eigenvalue weighted by atomic mass is 10.0. The van der Waals surface area contributed by atoms with Crippen LogP contribution in [0.25, 0.3) is 0 Å². The van der Waals surface area contributed by atoms with Gasteiger partial charge in [-0.2, -0.15) is 0 Å². The number of carbonyl (C=O) groups excluding carboxylic acids is 2. The van der Waals surface area contributed by atoms with E-state index in [1.54, 1.807) is 0 Å². The van der Waals surface area contributed by atoms with Gasteiger partial charge >= 0.3 is 5.97 Å². The number of aryl methyl sites for hydroxylation is 1. The van der Waals surface area contributed by atoms with Gasteiger partial charge in [-0.25, -0.2) is 4.79 Å². The highest BCUT2D eigenvalue weighted by molar-refractivity contribution is 5.85. The molecule has 1 aliphatic rings. The van der Waals surface area contributed by atoms with Gasteiger partial charge in [0.25, 0.3) is 5.91 Å². The number of guanidine groups is 1. The van der Waals surface area contributed by atoms with Crippen LogP contribution in [-0.2, 0) is 20.7 Å². The molecule has 0 radical (unpaired) electrons. The number of hydrogen-bond donors (Lipinski definition) is 3. The fraction of sp³-hybridized carbons (Fsp3) is 0.640. The van der Waals surface area contributed by atoms with Crippen molar-refractivity contribution >= 4 is 23.5 Å². The molecule has 9 heteroatoms. The Labute approximate surface area is 203 Å². The molecular formula is C25H41N5O4. The zero-order valence-electron chi connectivity index (χ0n) is 20.7. The maximum Gasteiger partial charge on any atom is 0.328 e. The first-order valence-electron chi connectivity index (χ1n) is 12.4. The van der Waals surface area contributed by atoms with Gasteiger partial charge < -0.3 is 31.2 Å². The Balaban J connectivity index is 1.85. The van der Waals surface area contributed by atoms with Crippen molar-refractivity contribution in [2.75, 3.05) is 38.3 Å². The minimum absolute atomic E-state index is 0.00722. The molecule has 0 saturated carbocycles. The van der Waals surface area contributed by atoms with Crippen LogP contribution < -0.4 is 26.4 Å². The summed E-state index contributed by atoms with van der Waals surface area (Å²) in [5, 5.41) is 2.68. The third-order valence-electron chi connectivity index (χ3n) is 5.93. The first-order chi connectivity index (χ1) is 16.4. The summed E-state index contributed by atoms with van der Waals surface area (Å²) in [7, 11) is 1.29. The Morgan fingerprint density at radius 1 is 1.18 bits per heavy atom. The molecule has 0 fully saturated rings. The SMILES string of the molecule is CCCCCCCN1CCCc2cc(OCC(=O)N[C@@H](CCCN=C(N)N)C(=O)OC)ccc21. The van der Waals surface area contributed by atoms with Gasteiger partial charge in [0, 0.05) is 25.3 Å². The minimum atomic E-state index is -0.773. The van der Waals surface area contributed by atoms with Gasteiger partial charge in [0.2, 0.25) is 0 Å². The summed E-state index contributed by atoms with van der Waals surface area (Å²) in [4.78, 5) is 30.8. The van der Waals surface area contributed by atoms with Crippen LogP contribution in [0.4, 0.5) is 5.69 Å². The summed E-state index contributed by atoms with van der Waals surface area (Å²) in [6.45, 7) is 4.59. The zero-order valence-corrected chi connectivity index (χ0v) is 20.7. The third kappa shape index (κ3) is 9.49. The molecule has 0 spiro atoms. The van der Waals surface area contributed by atoms with Crippen molar-refractivity contribution in [1.29, 1.82) is 0 Å². The maximum absolute atomic E-state index is 12.4. The normalized spacial score (nSPS) is 13.5. The van der Waals surface area contributed by atoms with E-state index in [0.717, 1.165) is 25.9 Å². The van der Waals surface area contributed by atoms with Gasteiger partial charge in [-0.05, 0) is 55.9 Å². The number of unbranched alkanes of at least 4 members (excludes halogenated alkanes) is 4. The number of anilines is 1. The highest BCUT2D eigenvalue weighted by Crippen LogP contribution is 2.30. The monoisotopic (exact) mass is 475 g/mol. The molecular weight excluding hydrogens is 434 g/mol. The summed E-state index contributed by atoms with van der Waals surface area (Å²) in [5.74, 6) is -0.251. The predicted octanol–water partition coefficient (Wildman–Crippen LogP) is 2.50. The van der Waals surface area contributed by atoms with Crippen molar-refractivity contribution in [3.63, 3.8) is 0 Å². The summed E-state index contributed by atoms with van der Waals surface area (Å²) >= 11 is 0. The van der Waals surface area contributed by atoms with Crippen LogP contribution in [-0.4, -0.2) is 57.2 Å². The molecule has 190 valence electrons. The van der Waals surface area contributed by atoms with Crippen molar-refractivity contribution in [1.82, 2.24) is 5.32 Å². The van der Waals surface area contributed by atoms with Crippen molar-refractivity contribution in [2.45, 2.75) is 70.8 Å². The molecule has 0 saturated heterocycles. The van der Waals surface area contributed by atoms with Crippen LogP contribution in [0.1, 0.15) is 63.9 Å². The predicted molar refractivity (Wildman–Crippen MR) is 135 cm³/mol. The highest BCUT2D eigenvalue weighted by Gasteiger charge is 2.22. The topological polar surface area (TPSA) is 132 Å². The Morgan fingerprint density at radius 2 is 1.97 bits per heavy atom. The molecule has 1 aliphatic heterocycles. The number of methoxy groups -OCH3 is 1. The fourth-order valence-corrected chi connectivity index (χ4v) is 4.16. The van der Waals surface area contributed by atoms with Gasteiger partial charge in [-0.1, -0.05) is 32.6 Å². The number of aliphatic imine (C=N–C) groups is 1. The van der Waals surface area contributed by atoms with Crippen LogP contribution in [0.5, 0.6) is 5.75 Å². The first-order valence-corrected chi connectivity index (χ1v) is 12.4. The van der Waals surface area contributed by atoms with E-state index >= 15 is 0 Å². The number of amides is 1. The minimum Gasteiger partial charge on any atom is -0.484 e. The average Bonchev–Trinajstić information content (AvgIpc) is 2.83. The van der Waals surface area contributed by atoms with E-state index in [0.29, 0.717) is 25.1 Å². The van der Waals surface area contributed by atoms with E-state index in [1.165, 1.54) is 50.5 Å². The quantitative estimate of drug-likeness (QED) is 0.154. The summed E-state index contributed by atoms with van der Waals surface area (Å²) in [5.41, 5.74) is 13.1. The van der Waals surface area contributed by atoms with E-state index in [9.17, 15) is 9.59 Å². The maximum atomic E-state index is 12.4. The molecule has 0 aliphatic carbocycles. The van der Waals surface area contributed by atoms with Crippen LogP contribution in [0.2, 0.25) is 0 Å². The van der Waals surface area contributed by atoms with Gasteiger partial charge in [0.05, 0.1) is 7.11 Å².